The summed E-state index contributed by atoms with van der Waals surface area (Å²) in [5, 5.41) is 12.5. The van der Waals surface area contributed by atoms with Crippen molar-refractivity contribution in [2.75, 3.05) is 34.5 Å². The van der Waals surface area contributed by atoms with Gasteiger partial charge in [-0.1, -0.05) is 85.1 Å². The van der Waals surface area contributed by atoms with E-state index < -0.39 is 112 Å². The summed E-state index contributed by atoms with van der Waals surface area (Å²) in [6, 6.07) is -1.20. The number of aliphatic hydroxyl groups is 1. The maximum atomic E-state index is 15.3. The van der Waals surface area contributed by atoms with Gasteiger partial charge in [-0.15, -0.1) is 0 Å². The fraction of sp³-hybridized carbons (Fsp3) is 0.817. The zero-order valence-electron chi connectivity index (χ0n) is 52.1. The minimum absolute atomic E-state index is 0.00431. The van der Waals surface area contributed by atoms with E-state index in [-0.39, 0.29) is 91.6 Å². The van der Waals surface area contributed by atoms with Gasteiger partial charge in [-0.2, -0.15) is 0 Å². The Kier molecular flexibility index (Phi) is 23.6. The molecular weight excluding hydrogens is 1080 g/mol. The number of nitrogens with zero attached hydrogens (tertiary/aromatic N) is 2. The second-order valence-corrected chi connectivity index (χ2v) is 36.5. The number of hydrogen-bond acceptors (Lipinski definition) is 17. The van der Waals surface area contributed by atoms with Crippen molar-refractivity contribution in [2.45, 2.75) is 250 Å². The van der Waals surface area contributed by atoms with Gasteiger partial charge in [0.05, 0.1) is 37.1 Å². The smallest absolute Gasteiger partial charge is 0.456 e. The summed E-state index contributed by atoms with van der Waals surface area (Å²) in [5.74, 6) is -9.68. The van der Waals surface area contributed by atoms with Gasteiger partial charge in [0, 0.05) is 64.9 Å². The molecule has 19 nitrogen and oxygen atoms in total. The zero-order chi connectivity index (χ0) is 60.7. The Morgan fingerprint density at radius 2 is 1.36 bits per heavy atom. The molecule has 4 fully saturated rings. The molecule has 0 aromatic heterocycles. The number of imide groups is 1. The van der Waals surface area contributed by atoms with Crippen LogP contribution in [0.3, 0.4) is 0 Å². The summed E-state index contributed by atoms with van der Waals surface area (Å²) >= 11 is 0. The van der Waals surface area contributed by atoms with E-state index in [0.717, 1.165) is 18.4 Å². The van der Waals surface area contributed by atoms with E-state index in [4.69, 9.17) is 42.1 Å². The number of ether oxygens (including phenoxy) is 6. The topological polar surface area (TPSA) is 229 Å². The highest BCUT2D eigenvalue weighted by molar-refractivity contribution is 6.74. The molecular formula is C60H100N2O17Si2. The van der Waals surface area contributed by atoms with E-state index >= 15 is 9.59 Å². The third-order valence-electron chi connectivity index (χ3n) is 18.7. The molecule has 0 radical (unpaired) electrons. The predicted molar refractivity (Wildman–Crippen MR) is 308 cm³/mol. The van der Waals surface area contributed by atoms with Crippen molar-refractivity contribution in [1.82, 2.24) is 9.96 Å². The van der Waals surface area contributed by atoms with Gasteiger partial charge >= 0.3 is 12.1 Å². The number of cyclic esters (lactones) is 1. The highest BCUT2D eigenvalue weighted by atomic mass is 28.4. The van der Waals surface area contributed by atoms with Gasteiger partial charge in [0.1, 0.15) is 24.0 Å². The van der Waals surface area contributed by atoms with Crippen LogP contribution in [0.5, 0.6) is 0 Å². The van der Waals surface area contributed by atoms with Crippen LogP contribution in [0, 0.1) is 29.6 Å². The number of carbonyl (C=O) groups excluding carboxylic acids is 7. The number of ketones is 2. The normalized spacial score (nSPS) is 34.2. The minimum atomic E-state index is -2.74. The minimum Gasteiger partial charge on any atom is -0.456 e. The standard InChI is InChI=1S/C60H100N2O17Si2/c1-36-29-37(2)31-48(72-13)53-49(73-14)33-39(4)60(70,76-53)54(66)55(67)61-27-20-19-21-43(61)56(68)75-52(38(3)32-41-22-23-45(47(34-41)71-12)78-80(15,16)58(6,7)8)40(5)46(79-81(17,18)59(9,10)11)35-44(63)42(30-36)26-28-74-57(69)77-62-50(64)24-25-51(62)65/h30,32,37,39-43,45-49,52-53,70H,19-29,31,33-35H2,1-18H3/b36-30+,38-32+/t37-,39+,40+,41-,42+,43-,45+,46-,47+,48-,49-,52+,53+,60+/m0/s1. The first kappa shape index (κ1) is 68.1. The molecule has 0 aromatic rings. The van der Waals surface area contributed by atoms with Crippen LogP contribution in [-0.2, 0) is 70.9 Å². The molecule has 5 aliphatic rings. The van der Waals surface area contributed by atoms with Crippen LogP contribution in [0.15, 0.2) is 23.3 Å². The molecule has 5 rings (SSSR count). The van der Waals surface area contributed by atoms with E-state index in [9.17, 15) is 29.1 Å². The Bertz CT molecular complexity index is 2290. The molecule has 0 aromatic carbocycles. The summed E-state index contributed by atoms with van der Waals surface area (Å²) in [4.78, 5) is 104. The number of carbonyl (C=O) groups is 7. The van der Waals surface area contributed by atoms with Gasteiger partial charge in [-0.3, -0.25) is 28.8 Å². The molecule has 81 heavy (non-hydrogen) atoms. The summed E-state index contributed by atoms with van der Waals surface area (Å²) in [7, 11) is -0.177. The number of hydrogen-bond donors (Lipinski definition) is 1. The van der Waals surface area contributed by atoms with Crippen molar-refractivity contribution in [3.8, 4) is 0 Å². The molecule has 14 atom stereocenters. The molecule has 3 amide bonds. The Labute approximate surface area is 484 Å². The first-order chi connectivity index (χ1) is 37.6. The highest BCUT2D eigenvalue weighted by Crippen LogP contribution is 2.44. The van der Waals surface area contributed by atoms with Crippen molar-refractivity contribution in [3.05, 3.63) is 23.3 Å². The number of amides is 3. The monoisotopic (exact) mass is 1180 g/mol. The summed E-state index contributed by atoms with van der Waals surface area (Å²) in [5.41, 5.74) is 1.54. The predicted octanol–water partition coefficient (Wildman–Crippen LogP) is 9.73. The Morgan fingerprint density at radius 1 is 0.778 bits per heavy atom. The van der Waals surface area contributed by atoms with Crippen LogP contribution >= 0.6 is 0 Å². The number of allylic oxidation sites excluding steroid dienone is 3. The molecule has 2 bridgehead atoms. The van der Waals surface area contributed by atoms with Crippen LogP contribution < -0.4 is 0 Å². The zero-order valence-corrected chi connectivity index (χ0v) is 54.1. The average molecular weight is 1180 g/mol. The van der Waals surface area contributed by atoms with Gasteiger partial charge in [0.2, 0.25) is 5.79 Å². The number of fused-ring (bicyclic) bond motifs is 3. The molecule has 1 N–H and O–H groups in total. The molecule has 0 unspecified atom stereocenters. The van der Waals surface area contributed by atoms with Crippen LogP contribution in [0.2, 0.25) is 36.3 Å². The van der Waals surface area contributed by atoms with E-state index in [2.05, 4.69) is 73.8 Å². The lowest BCUT2D eigenvalue weighted by molar-refractivity contribution is -0.302. The number of esters is 1. The van der Waals surface area contributed by atoms with Gasteiger partial charge in [0.25, 0.3) is 23.5 Å². The molecule has 1 aliphatic carbocycles. The quantitative estimate of drug-likeness (QED) is 0.0595. The van der Waals surface area contributed by atoms with Gasteiger partial charge < -0.3 is 47.3 Å². The SMILES string of the molecule is CO[C@H]1C[C@@H](C)C/C(C)=C/[C@@H](CCOC(=O)ON2C(=O)CCC2=O)C(=O)C[C@H](O[Si](C)(C)C(C)(C)C)[C@@H](C)[C@@H](/C(C)=C/[C@@H]2CC[C@@H](O[Si](C)(C)C(C)(C)C)[C@H](OC)C2)OC(=O)[C@@H]2CCCCN2C(=O)C(=O)[C@]2(O)O[C@H]1[C@@H](OC)C[C@H]2C. The van der Waals surface area contributed by atoms with Crippen molar-refractivity contribution < 1.29 is 80.8 Å². The second kappa shape index (κ2) is 28.0. The number of Topliss-reactive ketones (excluding diaryl/α,β-unsaturated/α-hetero) is 2. The van der Waals surface area contributed by atoms with Crippen molar-refractivity contribution in [2.24, 2.45) is 29.6 Å². The summed E-state index contributed by atoms with van der Waals surface area (Å²) < 4.78 is 50.9. The number of hydroxylamine groups is 2. The van der Waals surface area contributed by atoms with Crippen LogP contribution in [-0.4, -0.2) is 162 Å². The van der Waals surface area contributed by atoms with Crippen molar-refractivity contribution >= 4 is 58.0 Å². The molecule has 460 valence electrons. The first-order valence-corrected chi connectivity index (χ1v) is 35.4. The molecule has 3 saturated heterocycles. The average Bonchev–Trinajstić information content (AvgIpc) is 3.91. The van der Waals surface area contributed by atoms with E-state index in [1.807, 2.05) is 33.8 Å². The fourth-order valence-electron chi connectivity index (χ4n) is 11.7. The van der Waals surface area contributed by atoms with Gasteiger partial charge in [-0.05, 0) is 132 Å². The Balaban J connectivity index is 1.64. The van der Waals surface area contributed by atoms with Crippen LogP contribution in [0.4, 0.5) is 4.79 Å². The van der Waals surface area contributed by atoms with E-state index in [1.54, 1.807) is 14.0 Å². The summed E-state index contributed by atoms with van der Waals surface area (Å²) in [6.07, 6.45) is 2.30. The van der Waals surface area contributed by atoms with E-state index in [0.29, 0.717) is 42.7 Å². The van der Waals surface area contributed by atoms with Crippen LogP contribution in [0.1, 0.15) is 160 Å². The molecule has 21 heteroatoms. The first-order valence-electron chi connectivity index (χ1n) is 29.6. The Morgan fingerprint density at radius 3 is 1.94 bits per heavy atom. The lowest BCUT2D eigenvalue weighted by Crippen LogP contribution is -2.64. The van der Waals surface area contributed by atoms with Crippen LogP contribution in [0.25, 0.3) is 0 Å². The molecule has 4 heterocycles. The Hall–Kier alpha value is -3.68. The number of piperidine rings is 1. The molecule has 4 aliphatic heterocycles. The van der Waals surface area contributed by atoms with Crippen molar-refractivity contribution in [1.29, 1.82) is 0 Å². The molecule has 1 saturated carbocycles. The maximum Gasteiger partial charge on any atom is 0.533 e. The van der Waals surface area contributed by atoms with Gasteiger partial charge in [-0.25, -0.2) is 9.59 Å². The highest BCUT2D eigenvalue weighted by Gasteiger charge is 2.57. The third-order valence-corrected chi connectivity index (χ3v) is 27.7. The number of rotatable bonds is 13. The number of methoxy groups -OCH3 is 3. The van der Waals surface area contributed by atoms with E-state index in [1.165, 1.54) is 19.1 Å². The third kappa shape index (κ3) is 16.8. The second-order valence-electron chi connectivity index (χ2n) is 27.0. The van der Waals surface area contributed by atoms with Crippen molar-refractivity contribution in [3.63, 3.8) is 0 Å². The molecule has 0 spiro atoms. The lowest BCUT2D eigenvalue weighted by atomic mass is 9.81. The van der Waals surface area contributed by atoms with Gasteiger partial charge in [0.15, 0.2) is 16.6 Å². The maximum absolute atomic E-state index is 15.3. The lowest BCUT2D eigenvalue weighted by Gasteiger charge is -2.47. The summed E-state index contributed by atoms with van der Waals surface area (Å²) in [6.45, 7) is 30.7. The largest absolute Gasteiger partial charge is 0.533 e. The fourth-order valence-corrected chi connectivity index (χ4v) is 14.5.